The molecule has 1 saturated carbocycles. The smallest absolute Gasteiger partial charge is 0.234 e. The summed E-state index contributed by atoms with van der Waals surface area (Å²) in [6.45, 7) is 3.47. The molecule has 1 atom stereocenters. The Morgan fingerprint density at radius 2 is 2.12 bits per heavy atom. The fourth-order valence-electron chi connectivity index (χ4n) is 2.28. The summed E-state index contributed by atoms with van der Waals surface area (Å²) >= 11 is 0. The zero-order chi connectivity index (χ0) is 11.4. The standard InChI is InChI=1S/C12H22N2O2/c15-9-11-2-1-5-14(7-11)8-12(16)13-6-10-3-4-10/h10-11,15H,1-9H2,(H,13,16)/t11-/m0/s1. The lowest BCUT2D eigenvalue weighted by atomic mass is 9.99. The van der Waals surface area contributed by atoms with Crippen molar-refractivity contribution in [3.8, 4) is 0 Å². The molecule has 4 nitrogen and oxygen atoms in total. The second-order valence-electron chi connectivity index (χ2n) is 5.17. The molecule has 0 aromatic rings. The average molecular weight is 226 g/mol. The molecule has 1 aliphatic heterocycles. The first kappa shape index (κ1) is 11.9. The molecule has 16 heavy (non-hydrogen) atoms. The number of carbonyl (C=O) groups is 1. The molecule has 4 heteroatoms. The van der Waals surface area contributed by atoms with Crippen LogP contribution in [0.2, 0.25) is 0 Å². The maximum Gasteiger partial charge on any atom is 0.234 e. The first-order valence-corrected chi connectivity index (χ1v) is 6.38. The summed E-state index contributed by atoms with van der Waals surface area (Å²) in [5.74, 6) is 1.26. The number of carbonyl (C=O) groups excluding carboxylic acids is 1. The van der Waals surface area contributed by atoms with Crippen molar-refractivity contribution >= 4 is 5.91 Å². The number of hydrogen-bond acceptors (Lipinski definition) is 3. The third kappa shape index (κ3) is 3.76. The van der Waals surface area contributed by atoms with Crippen LogP contribution in [0, 0.1) is 11.8 Å². The second-order valence-corrected chi connectivity index (χ2v) is 5.17. The van der Waals surface area contributed by atoms with Crippen LogP contribution in [0.1, 0.15) is 25.7 Å². The summed E-state index contributed by atoms with van der Waals surface area (Å²) in [5, 5.41) is 12.1. The van der Waals surface area contributed by atoms with E-state index < -0.39 is 0 Å². The quantitative estimate of drug-likeness (QED) is 0.705. The molecule has 0 spiro atoms. The maximum absolute atomic E-state index is 11.6. The van der Waals surface area contributed by atoms with Gasteiger partial charge >= 0.3 is 0 Å². The molecule has 0 bridgehead atoms. The van der Waals surface area contributed by atoms with E-state index in [1.807, 2.05) is 0 Å². The van der Waals surface area contributed by atoms with Crippen molar-refractivity contribution in [3.05, 3.63) is 0 Å². The summed E-state index contributed by atoms with van der Waals surface area (Å²) in [6.07, 6.45) is 4.74. The lowest BCUT2D eigenvalue weighted by Gasteiger charge is -2.31. The fourth-order valence-corrected chi connectivity index (χ4v) is 2.28. The lowest BCUT2D eigenvalue weighted by molar-refractivity contribution is -0.122. The van der Waals surface area contributed by atoms with Gasteiger partial charge in [-0.25, -0.2) is 0 Å². The minimum absolute atomic E-state index is 0.144. The second kappa shape index (κ2) is 5.64. The molecule has 2 N–H and O–H groups in total. The maximum atomic E-state index is 11.6. The Bertz CT molecular complexity index is 241. The molecule has 92 valence electrons. The lowest BCUT2D eigenvalue weighted by Crippen LogP contribution is -2.43. The number of hydrogen-bond donors (Lipinski definition) is 2. The van der Waals surface area contributed by atoms with Crippen molar-refractivity contribution in [2.75, 3.05) is 32.8 Å². The number of likely N-dealkylation sites (tertiary alicyclic amines) is 1. The van der Waals surface area contributed by atoms with Crippen molar-refractivity contribution in [2.45, 2.75) is 25.7 Å². The van der Waals surface area contributed by atoms with Crippen LogP contribution in [0.3, 0.4) is 0 Å². The predicted molar refractivity (Wildman–Crippen MR) is 62.0 cm³/mol. The molecule has 1 aliphatic carbocycles. The largest absolute Gasteiger partial charge is 0.396 e. The van der Waals surface area contributed by atoms with Crippen LogP contribution in [0.25, 0.3) is 0 Å². The molecule has 0 unspecified atom stereocenters. The van der Waals surface area contributed by atoms with E-state index in [1.165, 1.54) is 12.8 Å². The van der Waals surface area contributed by atoms with Crippen molar-refractivity contribution in [1.82, 2.24) is 10.2 Å². The highest BCUT2D eigenvalue weighted by Gasteiger charge is 2.23. The first-order valence-electron chi connectivity index (χ1n) is 6.38. The van der Waals surface area contributed by atoms with E-state index in [4.69, 9.17) is 5.11 Å². The molecule has 0 aromatic heterocycles. The predicted octanol–water partition coefficient (Wildman–Crippen LogP) is 0.217. The first-order chi connectivity index (χ1) is 7.78. The summed E-state index contributed by atoms with van der Waals surface area (Å²) < 4.78 is 0. The Morgan fingerprint density at radius 1 is 1.31 bits per heavy atom. The third-order valence-electron chi connectivity index (χ3n) is 3.51. The van der Waals surface area contributed by atoms with Gasteiger partial charge in [-0.15, -0.1) is 0 Å². The van der Waals surface area contributed by atoms with E-state index in [0.717, 1.165) is 38.4 Å². The molecule has 1 amide bonds. The number of aliphatic hydroxyl groups is 1. The van der Waals surface area contributed by atoms with Gasteiger partial charge in [-0.3, -0.25) is 9.69 Å². The summed E-state index contributed by atoms with van der Waals surface area (Å²) in [4.78, 5) is 13.8. The van der Waals surface area contributed by atoms with Crippen LogP contribution in [-0.2, 0) is 4.79 Å². The summed E-state index contributed by atoms with van der Waals surface area (Å²) in [6, 6.07) is 0. The topological polar surface area (TPSA) is 52.6 Å². The molecule has 0 aromatic carbocycles. The van der Waals surface area contributed by atoms with Gasteiger partial charge in [0.15, 0.2) is 0 Å². The molecule has 0 radical (unpaired) electrons. The van der Waals surface area contributed by atoms with Gasteiger partial charge in [0.2, 0.25) is 5.91 Å². The van der Waals surface area contributed by atoms with E-state index in [0.29, 0.717) is 12.5 Å². The van der Waals surface area contributed by atoms with E-state index >= 15 is 0 Å². The SMILES string of the molecule is O=C(CN1CCC[C@H](CO)C1)NCC1CC1. The normalized spacial score (nSPS) is 26.7. The Kier molecular flexibility index (Phi) is 4.18. The third-order valence-corrected chi connectivity index (χ3v) is 3.51. The number of piperidine rings is 1. The van der Waals surface area contributed by atoms with Gasteiger partial charge in [-0.05, 0) is 44.1 Å². The molecular weight excluding hydrogens is 204 g/mol. The average Bonchev–Trinajstić information content (AvgIpc) is 3.10. The Balaban J connectivity index is 1.64. The molecular formula is C12H22N2O2. The van der Waals surface area contributed by atoms with Gasteiger partial charge in [-0.2, -0.15) is 0 Å². The van der Waals surface area contributed by atoms with Crippen LogP contribution in [0.15, 0.2) is 0 Å². The van der Waals surface area contributed by atoms with Crippen LogP contribution in [0.4, 0.5) is 0 Å². The van der Waals surface area contributed by atoms with Gasteiger partial charge in [0.05, 0.1) is 6.54 Å². The molecule has 2 rings (SSSR count). The van der Waals surface area contributed by atoms with Gasteiger partial charge < -0.3 is 10.4 Å². The molecule has 2 aliphatic rings. The minimum atomic E-state index is 0.144. The fraction of sp³-hybridized carbons (Fsp3) is 0.917. The number of nitrogens with one attached hydrogen (secondary N) is 1. The van der Waals surface area contributed by atoms with E-state index in [-0.39, 0.29) is 12.5 Å². The van der Waals surface area contributed by atoms with Crippen LogP contribution < -0.4 is 5.32 Å². The molecule has 2 fully saturated rings. The highest BCUT2D eigenvalue weighted by molar-refractivity contribution is 5.78. The molecule has 1 heterocycles. The van der Waals surface area contributed by atoms with Crippen molar-refractivity contribution in [1.29, 1.82) is 0 Å². The van der Waals surface area contributed by atoms with Gasteiger partial charge in [-0.1, -0.05) is 0 Å². The van der Waals surface area contributed by atoms with Crippen LogP contribution in [0.5, 0.6) is 0 Å². The highest BCUT2D eigenvalue weighted by atomic mass is 16.3. The van der Waals surface area contributed by atoms with Gasteiger partial charge in [0.1, 0.15) is 0 Å². The Labute approximate surface area is 97.0 Å². The van der Waals surface area contributed by atoms with Crippen molar-refractivity contribution in [2.24, 2.45) is 11.8 Å². The number of rotatable bonds is 5. The number of amides is 1. The summed E-state index contributed by atoms with van der Waals surface area (Å²) in [5.41, 5.74) is 0. The van der Waals surface area contributed by atoms with E-state index in [9.17, 15) is 4.79 Å². The van der Waals surface area contributed by atoms with E-state index in [1.54, 1.807) is 0 Å². The van der Waals surface area contributed by atoms with Crippen molar-refractivity contribution < 1.29 is 9.90 Å². The monoisotopic (exact) mass is 226 g/mol. The zero-order valence-electron chi connectivity index (χ0n) is 9.82. The Hall–Kier alpha value is -0.610. The van der Waals surface area contributed by atoms with E-state index in [2.05, 4.69) is 10.2 Å². The highest BCUT2D eigenvalue weighted by Crippen LogP contribution is 2.27. The number of nitrogens with zero attached hydrogens (tertiary/aromatic N) is 1. The van der Waals surface area contributed by atoms with Crippen LogP contribution in [-0.4, -0.2) is 48.7 Å². The van der Waals surface area contributed by atoms with Gasteiger partial charge in [0, 0.05) is 19.7 Å². The zero-order valence-corrected chi connectivity index (χ0v) is 9.82. The minimum Gasteiger partial charge on any atom is -0.396 e. The van der Waals surface area contributed by atoms with Crippen molar-refractivity contribution in [3.63, 3.8) is 0 Å². The molecule has 1 saturated heterocycles. The van der Waals surface area contributed by atoms with Crippen LogP contribution >= 0.6 is 0 Å². The summed E-state index contributed by atoms with van der Waals surface area (Å²) in [7, 11) is 0. The van der Waals surface area contributed by atoms with Gasteiger partial charge in [0.25, 0.3) is 0 Å². The Morgan fingerprint density at radius 3 is 2.81 bits per heavy atom. The number of aliphatic hydroxyl groups excluding tert-OH is 1.